The maximum absolute atomic E-state index is 14.6. The van der Waals surface area contributed by atoms with Gasteiger partial charge in [0.1, 0.15) is 5.82 Å². The van der Waals surface area contributed by atoms with Crippen LogP contribution in [0.15, 0.2) is 51.9 Å². The molecule has 1 heterocycles. The van der Waals surface area contributed by atoms with E-state index < -0.39 is 18.0 Å². The van der Waals surface area contributed by atoms with Crippen molar-refractivity contribution in [2.75, 3.05) is 11.4 Å². The van der Waals surface area contributed by atoms with Gasteiger partial charge in [-0.2, -0.15) is 0 Å². The highest BCUT2D eigenvalue weighted by Gasteiger charge is 2.36. The molecule has 1 unspecified atom stereocenters. The number of aliphatic imine (C=N–C) groups is 1. The van der Waals surface area contributed by atoms with Crippen molar-refractivity contribution in [1.29, 1.82) is 0 Å². The quantitative estimate of drug-likeness (QED) is 0.694. The van der Waals surface area contributed by atoms with Gasteiger partial charge in [0.2, 0.25) is 0 Å². The van der Waals surface area contributed by atoms with Crippen LogP contribution in [0.1, 0.15) is 24.0 Å². The number of benzodiazepines with no additional fused rings is 1. The maximum atomic E-state index is 14.6. The third-order valence-corrected chi connectivity index (χ3v) is 4.98. The molecule has 0 radical (unpaired) electrons. The molecule has 2 aromatic carbocycles. The fourth-order valence-electron chi connectivity index (χ4n) is 3.03. The third kappa shape index (κ3) is 3.11. The summed E-state index contributed by atoms with van der Waals surface area (Å²) in [6, 6.07) is 11.4. The predicted octanol–water partition coefficient (Wildman–Crippen LogP) is 4.48. The number of benzene rings is 2. The Kier molecular flexibility index (Phi) is 4.15. The van der Waals surface area contributed by atoms with Gasteiger partial charge < -0.3 is 4.90 Å². The number of carbonyl (C=O) groups is 1. The van der Waals surface area contributed by atoms with Gasteiger partial charge in [-0.1, -0.05) is 28.1 Å². The number of nitrogens with zero attached hydrogens (tertiary/aromatic N) is 2. The van der Waals surface area contributed by atoms with Gasteiger partial charge in [0.05, 0.1) is 11.4 Å². The van der Waals surface area contributed by atoms with E-state index in [2.05, 4.69) is 20.9 Å². The molecule has 0 spiro atoms. The molecule has 1 saturated carbocycles. The first kappa shape index (κ1) is 16.4. The Morgan fingerprint density at radius 3 is 2.64 bits per heavy atom. The molecule has 128 valence electrons. The van der Waals surface area contributed by atoms with E-state index in [9.17, 15) is 13.6 Å². The first-order chi connectivity index (χ1) is 12.0. The molecule has 1 aliphatic carbocycles. The summed E-state index contributed by atoms with van der Waals surface area (Å²) in [6.45, 7) is 0.466. The number of hydrogen-bond acceptors (Lipinski definition) is 2. The highest BCUT2D eigenvalue weighted by atomic mass is 79.9. The Balaban J connectivity index is 1.91. The molecule has 25 heavy (non-hydrogen) atoms. The average Bonchev–Trinajstić information content (AvgIpc) is 3.42. The van der Waals surface area contributed by atoms with E-state index in [-0.39, 0.29) is 11.3 Å². The summed E-state index contributed by atoms with van der Waals surface area (Å²) in [4.78, 5) is 18.0. The van der Waals surface area contributed by atoms with Crippen molar-refractivity contribution in [3.05, 3.63) is 63.9 Å². The largest absolute Gasteiger partial charge is 0.307 e. The van der Waals surface area contributed by atoms with Crippen LogP contribution in [0.5, 0.6) is 0 Å². The molecule has 1 atom stereocenters. The van der Waals surface area contributed by atoms with E-state index in [4.69, 9.17) is 0 Å². The summed E-state index contributed by atoms with van der Waals surface area (Å²) in [6.07, 6.45) is 0.0286. The third-order valence-electron chi connectivity index (χ3n) is 4.48. The summed E-state index contributed by atoms with van der Waals surface area (Å²) < 4.78 is 29.7. The van der Waals surface area contributed by atoms with Gasteiger partial charge in [-0.25, -0.2) is 13.8 Å². The molecular weight excluding hydrogens is 390 g/mol. The number of rotatable bonds is 3. The van der Waals surface area contributed by atoms with Crippen LogP contribution < -0.4 is 4.90 Å². The monoisotopic (exact) mass is 404 g/mol. The van der Waals surface area contributed by atoms with E-state index in [0.717, 1.165) is 17.3 Å². The minimum absolute atomic E-state index is 0.161. The van der Waals surface area contributed by atoms with Crippen molar-refractivity contribution in [2.24, 2.45) is 10.9 Å². The molecule has 1 aliphatic heterocycles. The van der Waals surface area contributed by atoms with Crippen molar-refractivity contribution >= 4 is 33.2 Å². The van der Waals surface area contributed by atoms with Crippen molar-refractivity contribution in [2.45, 2.75) is 19.1 Å². The van der Waals surface area contributed by atoms with Gasteiger partial charge in [-0.05, 0) is 49.1 Å². The highest BCUT2D eigenvalue weighted by Crippen LogP contribution is 2.36. The zero-order valence-corrected chi connectivity index (χ0v) is 14.8. The maximum Gasteiger partial charge on any atom is 0.284 e. The Morgan fingerprint density at radius 1 is 1.16 bits per heavy atom. The molecular formula is C19H15BrF2N2O. The number of amides is 1. The van der Waals surface area contributed by atoms with E-state index >= 15 is 0 Å². The van der Waals surface area contributed by atoms with Gasteiger partial charge in [-0.3, -0.25) is 4.79 Å². The second-order valence-corrected chi connectivity index (χ2v) is 7.26. The Labute approximate surface area is 152 Å². The number of alkyl halides is 1. The van der Waals surface area contributed by atoms with Crippen LogP contribution in [-0.4, -0.2) is 24.5 Å². The van der Waals surface area contributed by atoms with Gasteiger partial charge in [0.15, 0.2) is 0 Å². The zero-order chi connectivity index (χ0) is 17.6. The smallest absolute Gasteiger partial charge is 0.284 e. The van der Waals surface area contributed by atoms with Crippen LogP contribution >= 0.6 is 15.9 Å². The summed E-state index contributed by atoms with van der Waals surface area (Å²) in [5.74, 6) is -0.799. The fraction of sp³-hybridized carbons (Fsp3) is 0.263. The van der Waals surface area contributed by atoms with Crippen molar-refractivity contribution in [3.8, 4) is 0 Å². The summed E-state index contributed by atoms with van der Waals surface area (Å²) in [5, 5.41) is 0. The van der Waals surface area contributed by atoms with Gasteiger partial charge >= 0.3 is 0 Å². The minimum Gasteiger partial charge on any atom is -0.307 e. The minimum atomic E-state index is -2.04. The van der Waals surface area contributed by atoms with Gasteiger partial charge in [0.25, 0.3) is 12.2 Å². The predicted molar refractivity (Wildman–Crippen MR) is 96.2 cm³/mol. The topological polar surface area (TPSA) is 32.7 Å². The lowest BCUT2D eigenvalue weighted by atomic mass is 9.99. The average molecular weight is 405 g/mol. The van der Waals surface area contributed by atoms with Crippen LogP contribution in [-0.2, 0) is 4.79 Å². The summed E-state index contributed by atoms with van der Waals surface area (Å²) in [5.41, 5.74) is 1.47. The van der Waals surface area contributed by atoms with Crippen molar-refractivity contribution in [1.82, 2.24) is 0 Å². The number of anilines is 1. The standard InChI is InChI=1S/C19H15BrF2N2O/c20-12-7-8-16-14(9-12)17(13-3-1-2-4-15(13)21)23-18(22)19(25)24(16)10-11-5-6-11/h1-4,7-9,11,18H,5-6,10H2. The second kappa shape index (κ2) is 6.33. The number of carbonyl (C=O) groups excluding carboxylic acids is 1. The normalized spacial score (nSPS) is 20.1. The van der Waals surface area contributed by atoms with Crippen LogP contribution in [0.3, 0.4) is 0 Å². The summed E-state index contributed by atoms with van der Waals surface area (Å²) in [7, 11) is 0. The Bertz CT molecular complexity index is 879. The molecule has 1 amide bonds. The first-order valence-electron chi connectivity index (χ1n) is 8.12. The SMILES string of the molecule is O=C1C(F)N=C(c2ccccc2F)c2cc(Br)ccc2N1CC1CC1. The van der Waals surface area contributed by atoms with Gasteiger partial charge in [0, 0.05) is 22.1 Å². The van der Waals surface area contributed by atoms with Gasteiger partial charge in [-0.15, -0.1) is 0 Å². The van der Waals surface area contributed by atoms with E-state index in [1.807, 2.05) is 0 Å². The fourth-order valence-corrected chi connectivity index (χ4v) is 3.39. The van der Waals surface area contributed by atoms with E-state index in [0.29, 0.717) is 23.7 Å². The Hall–Kier alpha value is -2.08. The van der Waals surface area contributed by atoms with Crippen LogP contribution in [0.2, 0.25) is 0 Å². The Morgan fingerprint density at radius 2 is 1.92 bits per heavy atom. The molecule has 2 aromatic rings. The molecule has 0 aromatic heterocycles. The molecule has 4 rings (SSSR count). The van der Waals surface area contributed by atoms with Crippen molar-refractivity contribution < 1.29 is 13.6 Å². The first-order valence-corrected chi connectivity index (χ1v) is 8.92. The van der Waals surface area contributed by atoms with Crippen LogP contribution in [0, 0.1) is 11.7 Å². The zero-order valence-electron chi connectivity index (χ0n) is 13.3. The summed E-state index contributed by atoms with van der Waals surface area (Å²) >= 11 is 3.40. The molecule has 3 nitrogen and oxygen atoms in total. The van der Waals surface area contributed by atoms with E-state index in [1.54, 1.807) is 36.4 Å². The molecule has 1 fully saturated rings. The molecule has 2 aliphatic rings. The molecule has 0 bridgehead atoms. The van der Waals surface area contributed by atoms with Crippen LogP contribution in [0.4, 0.5) is 14.5 Å². The van der Waals surface area contributed by atoms with Crippen molar-refractivity contribution in [3.63, 3.8) is 0 Å². The number of fused-ring (bicyclic) bond motifs is 1. The molecule has 6 heteroatoms. The number of hydrogen-bond donors (Lipinski definition) is 0. The van der Waals surface area contributed by atoms with E-state index in [1.165, 1.54) is 11.0 Å². The molecule has 0 saturated heterocycles. The second-order valence-electron chi connectivity index (χ2n) is 6.35. The number of halogens is 3. The molecule has 0 N–H and O–H groups in total. The lowest BCUT2D eigenvalue weighted by molar-refractivity contribution is -0.123. The highest BCUT2D eigenvalue weighted by molar-refractivity contribution is 9.10. The lowest BCUT2D eigenvalue weighted by Gasteiger charge is -2.23. The lowest BCUT2D eigenvalue weighted by Crippen LogP contribution is -2.37. The van der Waals surface area contributed by atoms with Crippen LogP contribution in [0.25, 0.3) is 0 Å².